The van der Waals surface area contributed by atoms with Crippen LogP contribution in [0, 0.1) is 0 Å². The molecule has 1 aromatic rings. The molecule has 0 aliphatic carbocycles. The molecular formula is C25H42O2. The van der Waals surface area contributed by atoms with Gasteiger partial charge in [-0.05, 0) is 23.5 Å². The highest BCUT2D eigenvalue weighted by atomic mass is 16.5. The number of hydrogen-bond donors (Lipinski definition) is 0. The summed E-state index contributed by atoms with van der Waals surface area (Å²) in [5, 5.41) is 0. The number of benzene rings is 1. The van der Waals surface area contributed by atoms with E-state index in [0.717, 1.165) is 5.56 Å². The Kier molecular flexibility index (Phi) is 13.8. The fraction of sp³-hybridized carbons (Fsp3) is 0.720. The summed E-state index contributed by atoms with van der Waals surface area (Å²) in [5.74, 6) is 0.385. The highest BCUT2D eigenvalue weighted by Gasteiger charge is 2.06. The lowest BCUT2D eigenvalue weighted by atomic mass is 9.94. The van der Waals surface area contributed by atoms with E-state index in [9.17, 15) is 4.79 Å². The van der Waals surface area contributed by atoms with Crippen molar-refractivity contribution in [3.05, 3.63) is 35.4 Å². The molecule has 0 fully saturated rings. The van der Waals surface area contributed by atoms with Crippen molar-refractivity contribution in [3.63, 3.8) is 0 Å². The third-order valence-corrected chi connectivity index (χ3v) is 5.48. The van der Waals surface area contributed by atoms with Crippen molar-refractivity contribution in [1.82, 2.24) is 0 Å². The van der Waals surface area contributed by atoms with Crippen LogP contribution in [-0.4, -0.2) is 5.97 Å². The summed E-state index contributed by atoms with van der Waals surface area (Å²) < 4.78 is 5.04. The van der Waals surface area contributed by atoms with Crippen LogP contribution in [0.4, 0.5) is 0 Å². The zero-order chi connectivity index (χ0) is 19.7. The van der Waals surface area contributed by atoms with Crippen molar-refractivity contribution in [1.29, 1.82) is 0 Å². The fourth-order valence-electron chi connectivity index (χ4n) is 3.59. The molecule has 0 spiro atoms. The molecule has 0 radical (unpaired) electrons. The Labute approximate surface area is 168 Å². The van der Waals surface area contributed by atoms with E-state index >= 15 is 0 Å². The van der Waals surface area contributed by atoms with E-state index in [1.807, 2.05) is 0 Å². The summed E-state index contributed by atoms with van der Waals surface area (Å²) in [6.45, 7) is 6.43. The zero-order valence-electron chi connectivity index (χ0n) is 18.1. The standard InChI is InChI=1S/C25H42O2/c1-4-5-6-7-8-9-10-11-12-13-14-15-16-22(2)25-19-17-24(18-20-25)21-27-23(3)26/h17-20,22H,4-16,21H2,1-3H3. The van der Waals surface area contributed by atoms with Crippen LogP contribution < -0.4 is 0 Å². The van der Waals surface area contributed by atoms with Crippen LogP contribution >= 0.6 is 0 Å². The summed E-state index contributed by atoms with van der Waals surface area (Å²) in [6, 6.07) is 8.53. The van der Waals surface area contributed by atoms with Gasteiger partial charge in [0.25, 0.3) is 0 Å². The molecule has 154 valence electrons. The van der Waals surface area contributed by atoms with Gasteiger partial charge in [-0.25, -0.2) is 0 Å². The molecule has 0 saturated heterocycles. The van der Waals surface area contributed by atoms with Gasteiger partial charge in [0.1, 0.15) is 6.61 Å². The monoisotopic (exact) mass is 374 g/mol. The Balaban J connectivity index is 2.00. The Morgan fingerprint density at radius 1 is 0.815 bits per heavy atom. The van der Waals surface area contributed by atoms with E-state index in [4.69, 9.17) is 4.74 Å². The molecule has 0 aliphatic heterocycles. The Hall–Kier alpha value is -1.31. The molecule has 0 heterocycles. The maximum atomic E-state index is 10.9. The Bertz CT molecular complexity index is 478. The van der Waals surface area contributed by atoms with E-state index in [-0.39, 0.29) is 5.97 Å². The van der Waals surface area contributed by atoms with Crippen LogP contribution in [0.5, 0.6) is 0 Å². The van der Waals surface area contributed by atoms with Gasteiger partial charge in [0.05, 0.1) is 0 Å². The Morgan fingerprint density at radius 3 is 1.78 bits per heavy atom. The summed E-state index contributed by atoms with van der Waals surface area (Å²) in [4.78, 5) is 10.9. The minimum absolute atomic E-state index is 0.223. The second-order valence-electron chi connectivity index (χ2n) is 8.10. The maximum absolute atomic E-state index is 10.9. The van der Waals surface area contributed by atoms with Crippen LogP contribution in [-0.2, 0) is 16.1 Å². The van der Waals surface area contributed by atoms with Crippen LogP contribution in [0.15, 0.2) is 24.3 Å². The van der Waals surface area contributed by atoms with Crippen molar-refractivity contribution in [2.24, 2.45) is 0 Å². The SMILES string of the molecule is CCCCCCCCCCCCCCC(C)c1ccc(COC(C)=O)cc1. The van der Waals surface area contributed by atoms with Gasteiger partial charge in [0.15, 0.2) is 0 Å². The van der Waals surface area contributed by atoms with E-state index in [1.165, 1.54) is 96.0 Å². The predicted octanol–water partition coefficient (Wildman–Crippen LogP) is 7.94. The van der Waals surface area contributed by atoms with E-state index in [0.29, 0.717) is 12.5 Å². The van der Waals surface area contributed by atoms with Gasteiger partial charge in [-0.3, -0.25) is 4.79 Å². The third-order valence-electron chi connectivity index (χ3n) is 5.48. The van der Waals surface area contributed by atoms with Gasteiger partial charge in [-0.15, -0.1) is 0 Å². The van der Waals surface area contributed by atoms with Crippen molar-refractivity contribution < 1.29 is 9.53 Å². The normalized spacial score (nSPS) is 12.1. The molecule has 2 heteroatoms. The first kappa shape index (κ1) is 23.7. The molecule has 0 saturated carbocycles. The molecule has 27 heavy (non-hydrogen) atoms. The third kappa shape index (κ3) is 12.7. The minimum Gasteiger partial charge on any atom is -0.461 e. The fourth-order valence-corrected chi connectivity index (χ4v) is 3.59. The minimum atomic E-state index is -0.223. The second-order valence-corrected chi connectivity index (χ2v) is 8.10. The van der Waals surface area contributed by atoms with Crippen molar-refractivity contribution in [3.8, 4) is 0 Å². The molecule has 0 N–H and O–H groups in total. The van der Waals surface area contributed by atoms with Crippen LogP contribution in [0.3, 0.4) is 0 Å². The van der Waals surface area contributed by atoms with Gasteiger partial charge in [0, 0.05) is 6.92 Å². The average Bonchev–Trinajstić information content (AvgIpc) is 2.67. The lowest BCUT2D eigenvalue weighted by Crippen LogP contribution is -1.99. The van der Waals surface area contributed by atoms with Crippen molar-refractivity contribution >= 4 is 5.97 Å². The molecular weight excluding hydrogens is 332 g/mol. The molecule has 0 aliphatic rings. The van der Waals surface area contributed by atoms with Gasteiger partial charge in [-0.1, -0.05) is 115 Å². The summed E-state index contributed by atoms with van der Waals surface area (Å²) in [7, 11) is 0. The van der Waals surface area contributed by atoms with Gasteiger partial charge < -0.3 is 4.74 Å². The van der Waals surface area contributed by atoms with E-state index < -0.39 is 0 Å². The van der Waals surface area contributed by atoms with Crippen LogP contribution in [0.2, 0.25) is 0 Å². The molecule has 1 atom stereocenters. The average molecular weight is 375 g/mol. The molecule has 1 unspecified atom stereocenters. The summed E-state index contributed by atoms with van der Waals surface area (Å²) in [5.41, 5.74) is 2.45. The molecule has 1 rings (SSSR count). The van der Waals surface area contributed by atoms with E-state index in [1.54, 1.807) is 0 Å². The quantitative estimate of drug-likeness (QED) is 0.217. The number of carbonyl (C=O) groups excluding carboxylic acids is 1. The molecule has 1 aromatic carbocycles. The van der Waals surface area contributed by atoms with Gasteiger partial charge in [0.2, 0.25) is 0 Å². The highest BCUT2D eigenvalue weighted by Crippen LogP contribution is 2.23. The van der Waals surface area contributed by atoms with Crippen molar-refractivity contribution in [2.45, 2.75) is 117 Å². The number of ether oxygens (including phenoxy) is 1. The Morgan fingerprint density at radius 2 is 1.30 bits per heavy atom. The molecule has 0 aromatic heterocycles. The first-order valence-corrected chi connectivity index (χ1v) is 11.4. The van der Waals surface area contributed by atoms with Gasteiger partial charge in [-0.2, -0.15) is 0 Å². The van der Waals surface area contributed by atoms with E-state index in [2.05, 4.69) is 38.1 Å². The summed E-state index contributed by atoms with van der Waals surface area (Å²) >= 11 is 0. The lowest BCUT2D eigenvalue weighted by molar-refractivity contribution is -0.142. The molecule has 0 amide bonds. The number of esters is 1. The molecule has 0 bridgehead atoms. The second kappa shape index (κ2) is 15.7. The van der Waals surface area contributed by atoms with Crippen molar-refractivity contribution in [2.75, 3.05) is 0 Å². The maximum Gasteiger partial charge on any atom is 0.302 e. The zero-order valence-corrected chi connectivity index (χ0v) is 18.1. The molecule has 2 nitrogen and oxygen atoms in total. The predicted molar refractivity (Wildman–Crippen MR) is 116 cm³/mol. The first-order chi connectivity index (χ1) is 13.1. The largest absolute Gasteiger partial charge is 0.461 e. The number of unbranched alkanes of at least 4 members (excludes halogenated alkanes) is 11. The highest BCUT2D eigenvalue weighted by molar-refractivity contribution is 5.65. The number of rotatable bonds is 16. The number of hydrogen-bond acceptors (Lipinski definition) is 2. The number of carbonyl (C=O) groups is 1. The lowest BCUT2D eigenvalue weighted by Gasteiger charge is -2.12. The van der Waals surface area contributed by atoms with Crippen LogP contribution in [0.25, 0.3) is 0 Å². The first-order valence-electron chi connectivity index (χ1n) is 11.4. The topological polar surface area (TPSA) is 26.3 Å². The van der Waals surface area contributed by atoms with Crippen LogP contribution in [0.1, 0.15) is 121 Å². The smallest absolute Gasteiger partial charge is 0.302 e. The van der Waals surface area contributed by atoms with Gasteiger partial charge >= 0.3 is 5.97 Å². The summed E-state index contributed by atoms with van der Waals surface area (Å²) in [6.07, 6.45) is 18.1.